The summed E-state index contributed by atoms with van der Waals surface area (Å²) in [5.74, 6) is -2.33. The zero-order chi connectivity index (χ0) is 17.9. The van der Waals surface area contributed by atoms with Gasteiger partial charge in [-0.3, -0.25) is 9.97 Å². The number of hydrogen-bond donors (Lipinski definition) is 1. The average molecular weight is 361 g/mol. The van der Waals surface area contributed by atoms with Gasteiger partial charge < -0.3 is 0 Å². The van der Waals surface area contributed by atoms with E-state index in [2.05, 4.69) is 14.7 Å². The van der Waals surface area contributed by atoms with Gasteiger partial charge in [0.1, 0.15) is 0 Å². The lowest BCUT2D eigenvalue weighted by atomic mass is 10.1. The van der Waals surface area contributed by atoms with Crippen molar-refractivity contribution < 1.29 is 17.2 Å². The number of nitrogens with one attached hydrogen (secondary N) is 1. The van der Waals surface area contributed by atoms with Crippen molar-refractivity contribution in [3.05, 3.63) is 78.3 Å². The Balaban J connectivity index is 1.85. The van der Waals surface area contributed by atoms with Crippen LogP contribution in [0.5, 0.6) is 0 Å². The molecule has 0 bridgehead atoms. The first-order valence-electron chi connectivity index (χ1n) is 7.26. The third-order valence-electron chi connectivity index (χ3n) is 3.48. The van der Waals surface area contributed by atoms with Gasteiger partial charge in [0, 0.05) is 30.7 Å². The maximum Gasteiger partial charge on any atom is 0.240 e. The van der Waals surface area contributed by atoms with E-state index in [1.54, 1.807) is 36.8 Å². The lowest BCUT2D eigenvalue weighted by Gasteiger charge is -2.10. The van der Waals surface area contributed by atoms with Crippen LogP contribution < -0.4 is 4.72 Å². The molecule has 2 aromatic heterocycles. The van der Waals surface area contributed by atoms with E-state index >= 15 is 0 Å². The number of aromatic nitrogens is 2. The zero-order valence-electron chi connectivity index (χ0n) is 12.9. The standard InChI is InChI=1S/C17H13F2N3O2S/c18-15-6-5-14(9-16(15)19)25(23,24)22-11-13-4-2-8-21-17(13)12-3-1-7-20-10-12/h1-10,22H,11H2. The van der Waals surface area contributed by atoms with Crippen LogP contribution in [-0.4, -0.2) is 18.4 Å². The number of benzene rings is 1. The monoisotopic (exact) mass is 361 g/mol. The average Bonchev–Trinajstić information content (AvgIpc) is 2.63. The molecule has 0 fully saturated rings. The molecule has 2 heterocycles. The van der Waals surface area contributed by atoms with Crippen LogP contribution in [0, 0.1) is 11.6 Å². The van der Waals surface area contributed by atoms with E-state index in [1.165, 1.54) is 0 Å². The van der Waals surface area contributed by atoms with Crippen molar-refractivity contribution in [3.8, 4) is 11.3 Å². The highest BCUT2D eigenvalue weighted by atomic mass is 32.2. The number of sulfonamides is 1. The van der Waals surface area contributed by atoms with E-state index in [9.17, 15) is 17.2 Å². The first-order chi connectivity index (χ1) is 12.0. The Hall–Kier alpha value is -2.71. The summed E-state index contributed by atoms with van der Waals surface area (Å²) >= 11 is 0. The Morgan fingerprint density at radius 1 is 1.00 bits per heavy atom. The van der Waals surface area contributed by atoms with Crippen molar-refractivity contribution in [1.82, 2.24) is 14.7 Å². The van der Waals surface area contributed by atoms with E-state index in [0.29, 0.717) is 17.3 Å². The quantitative estimate of drug-likeness (QED) is 0.758. The molecule has 0 saturated heterocycles. The molecule has 0 saturated carbocycles. The summed E-state index contributed by atoms with van der Waals surface area (Å²) < 4.78 is 53.2. The lowest BCUT2D eigenvalue weighted by molar-refractivity contribution is 0.504. The molecule has 0 amide bonds. The molecule has 8 heteroatoms. The first-order valence-corrected chi connectivity index (χ1v) is 8.75. The second-order valence-corrected chi connectivity index (χ2v) is 6.92. The maximum atomic E-state index is 13.3. The first kappa shape index (κ1) is 17.1. The van der Waals surface area contributed by atoms with Crippen molar-refractivity contribution in [3.63, 3.8) is 0 Å². The summed E-state index contributed by atoms with van der Waals surface area (Å²) in [5.41, 5.74) is 1.95. The second-order valence-electron chi connectivity index (χ2n) is 5.15. The summed E-state index contributed by atoms with van der Waals surface area (Å²) in [6, 6.07) is 9.39. The molecule has 0 atom stereocenters. The van der Waals surface area contributed by atoms with Crippen molar-refractivity contribution in [1.29, 1.82) is 0 Å². The highest BCUT2D eigenvalue weighted by Crippen LogP contribution is 2.21. The van der Waals surface area contributed by atoms with Gasteiger partial charge in [0.05, 0.1) is 10.6 Å². The molecule has 5 nitrogen and oxygen atoms in total. The van der Waals surface area contributed by atoms with Gasteiger partial charge in [0.15, 0.2) is 11.6 Å². The largest absolute Gasteiger partial charge is 0.264 e. The number of halogens is 2. The van der Waals surface area contributed by atoms with E-state index < -0.39 is 21.7 Å². The summed E-state index contributed by atoms with van der Waals surface area (Å²) in [4.78, 5) is 7.94. The van der Waals surface area contributed by atoms with Gasteiger partial charge in [0.2, 0.25) is 10.0 Å². The molecule has 0 unspecified atom stereocenters. The van der Waals surface area contributed by atoms with E-state index in [1.807, 2.05) is 6.07 Å². The van der Waals surface area contributed by atoms with Crippen LogP contribution >= 0.6 is 0 Å². The summed E-state index contributed by atoms with van der Waals surface area (Å²) in [7, 11) is -4.00. The SMILES string of the molecule is O=S(=O)(NCc1cccnc1-c1cccnc1)c1ccc(F)c(F)c1. The zero-order valence-corrected chi connectivity index (χ0v) is 13.7. The normalized spacial score (nSPS) is 11.4. The Bertz CT molecular complexity index is 996. The Kier molecular flexibility index (Phi) is 4.82. The van der Waals surface area contributed by atoms with Crippen LogP contribution in [0.4, 0.5) is 8.78 Å². The number of hydrogen-bond acceptors (Lipinski definition) is 4. The Morgan fingerprint density at radius 2 is 1.80 bits per heavy atom. The van der Waals surface area contributed by atoms with Gasteiger partial charge >= 0.3 is 0 Å². The molecule has 0 radical (unpaired) electrons. The summed E-state index contributed by atoms with van der Waals surface area (Å²) in [6.45, 7) is -0.0562. The third kappa shape index (κ3) is 3.86. The fourth-order valence-electron chi connectivity index (χ4n) is 2.24. The Morgan fingerprint density at radius 3 is 2.52 bits per heavy atom. The van der Waals surface area contributed by atoms with E-state index in [0.717, 1.165) is 17.7 Å². The molecule has 0 aliphatic carbocycles. The third-order valence-corrected chi connectivity index (χ3v) is 4.88. The number of nitrogens with zero attached hydrogens (tertiary/aromatic N) is 2. The van der Waals surface area contributed by atoms with Crippen molar-refractivity contribution in [2.24, 2.45) is 0 Å². The molecule has 128 valence electrons. The minimum Gasteiger partial charge on any atom is -0.264 e. The highest BCUT2D eigenvalue weighted by Gasteiger charge is 2.17. The molecule has 1 aromatic carbocycles. The molecule has 1 N–H and O–H groups in total. The van der Waals surface area contributed by atoms with E-state index in [-0.39, 0.29) is 11.4 Å². The fraction of sp³-hybridized carbons (Fsp3) is 0.0588. The fourth-order valence-corrected chi connectivity index (χ4v) is 3.26. The second kappa shape index (κ2) is 7.04. The number of pyridine rings is 2. The van der Waals surface area contributed by atoms with Gasteiger partial charge in [-0.25, -0.2) is 21.9 Å². The molecule has 0 spiro atoms. The minimum absolute atomic E-state index is 0.0562. The predicted molar refractivity (Wildman–Crippen MR) is 87.9 cm³/mol. The van der Waals surface area contributed by atoms with Crippen LogP contribution in [-0.2, 0) is 16.6 Å². The predicted octanol–water partition coefficient (Wildman–Crippen LogP) is 2.90. The van der Waals surface area contributed by atoms with Gasteiger partial charge in [-0.05, 0) is 42.0 Å². The molecule has 3 rings (SSSR count). The number of rotatable bonds is 5. The summed E-state index contributed by atoms with van der Waals surface area (Å²) in [6.07, 6.45) is 4.84. The van der Waals surface area contributed by atoms with Gasteiger partial charge in [-0.2, -0.15) is 0 Å². The Labute approximate surface area is 143 Å². The van der Waals surface area contributed by atoms with E-state index in [4.69, 9.17) is 0 Å². The lowest BCUT2D eigenvalue weighted by Crippen LogP contribution is -2.24. The minimum atomic E-state index is -4.00. The van der Waals surface area contributed by atoms with Gasteiger partial charge in [-0.1, -0.05) is 6.07 Å². The molecule has 25 heavy (non-hydrogen) atoms. The van der Waals surface area contributed by atoms with Crippen LogP contribution in [0.25, 0.3) is 11.3 Å². The van der Waals surface area contributed by atoms with Crippen molar-refractivity contribution in [2.75, 3.05) is 0 Å². The highest BCUT2D eigenvalue weighted by molar-refractivity contribution is 7.89. The van der Waals surface area contributed by atoms with Crippen LogP contribution in [0.2, 0.25) is 0 Å². The van der Waals surface area contributed by atoms with Crippen LogP contribution in [0.3, 0.4) is 0 Å². The molecule has 0 aliphatic heterocycles. The van der Waals surface area contributed by atoms with Gasteiger partial charge in [-0.15, -0.1) is 0 Å². The van der Waals surface area contributed by atoms with Crippen LogP contribution in [0.1, 0.15) is 5.56 Å². The smallest absolute Gasteiger partial charge is 0.240 e. The van der Waals surface area contributed by atoms with Crippen molar-refractivity contribution >= 4 is 10.0 Å². The van der Waals surface area contributed by atoms with Gasteiger partial charge in [0.25, 0.3) is 0 Å². The van der Waals surface area contributed by atoms with Crippen molar-refractivity contribution in [2.45, 2.75) is 11.4 Å². The molecular formula is C17H13F2N3O2S. The molecule has 0 aliphatic rings. The summed E-state index contributed by atoms with van der Waals surface area (Å²) in [5, 5.41) is 0. The van der Waals surface area contributed by atoms with Crippen LogP contribution in [0.15, 0.2) is 66.0 Å². The maximum absolute atomic E-state index is 13.3. The topological polar surface area (TPSA) is 72.0 Å². The molecule has 3 aromatic rings. The molecular weight excluding hydrogens is 348 g/mol.